The van der Waals surface area contributed by atoms with E-state index in [1.807, 2.05) is 0 Å². The molecule has 2 rings (SSSR count). The van der Waals surface area contributed by atoms with Crippen molar-refractivity contribution in [3.63, 3.8) is 0 Å². The predicted molar refractivity (Wildman–Crippen MR) is 46.5 cm³/mol. The molecule has 2 aromatic heterocycles. The summed E-state index contributed by atoms with van der Waals surface area (Å²) in [6.45, 7) is 0. The van der Waals surface area contributed by atoms with E-state index in [2.05, 4.69) is 15.0 Å². The van der Waals surface area contributed by atoms with Crippen LogP contribution in [0.3, 0.4) is 0 Å². The third-order valence-electron chi connectivity index (χ3n) is 2.13. The van der Waals surface area contributed by atoms with Gasteiger partial charge in [0.05, 0.1) is 6.20 Å². The Hall–Kier alpha value is -1.87. The maximum Gasteiger partial charge on any atom is 0.427 e. The standard InChI is InChI=1S/C8H4F6N4/c9-6(7(10,11)12)8(13,14)18-3-17-4-1-15-2-16-5(4)18/h1-3,6H. The average Bonchev–Trinajstić information content (AvgIpc) is 2.71. The molecule has 98 valence electrons. The summed E-state index contributed by atoms with van der Waals surface area (Å²) in [6.07, 6.45) is -7.78. The van der Waals surface area contributed by atoms with Crippen LogP contribution >= 0.6 is 0 Å². The Labute approximate surface area is 95.3 Å². The molecule has 0 radical (unpaired) electrons. The van der Waals surface area contributed by atoms with Gasteiger partial charge in [0.2, 0.25) is 0 Å². The highest BCUT2D eigenvalue weighted by Crippen LogP contribution is 2.39. The molecule has 0 spiro atoms. The molecule has 4 nitrogen and oxygen atoms in total. The minimum absolute atomic E-state index is 0.161. The average molecular weight is 270 g/mol. The van der Waals surface area contributed by atoms with E-state index < -0.39 is 24.0 Å². The molecular formula is C8H4F6N4. The topological polar surface area (TPSA) is 43.6 Å². The molecule has 0 saturated heterocycles. The van der Waals surface area contributed by atoms with Crippen LogP contribution in [0.4, 0.5) is 26.3 Å². The highest BCUT2D eigenvalue weighted by molar-refractivity contribution is 5.69. The second-order valence-electron chi connectivity index (χ2n) is 3.34. The van der Waals surface area contributed by atoms with E-state index in [-0.39, 0.29) is 10.1 Å². The third kappa shape index (κ3) is 1.87. The van der Waals surface area contributed by atoms with E-state index in [9.17, 15) is 26.3 Å². The Morgan fingerprint density at radius 2 is 1.78 bits per heavy atom. The summed E-state index contributed by atoms with van der Waals surface area (Å²) in [7, 11) is 0. The second-order valence-corrected chi connectivity index (χ2v) is 3.34. The lowest BCUT2D eigenvalue weighted by Gasteiger charge is -2.23. The quantitative estimate of drug-likeness (QED) is 0.786. The monoisotopic (exact) mass is 270 g/mol. The van der Waals surface area contributed by atoms with E-state index in [1.165, 1.54) is 0 Å². The molecule has 0 aromatic carbocycles. The van der Waals surface area contributed by atoms with E-state index >= 15 is 0 Å². The SMILES string of the molecule is FC(C(F)(F)F)C(F)(F)n1cnc2cncnc21. The van der Waals surface area contributed by atoms with Crippen LogP contribution in [0.2, 0.25) is 0 Å². The number of fused-ring (bicyclic) bond motifs is 1. The summed E-state index contributed by atoms with van der Waals surface area (Å²) in [4.78, 5) is 10.2. The van der Waals surface area contributed by atoms with E-state index in [0.29, 0.717) is 6.33 Å². The van der Waals surface area contributed by atoms with Crippen LogP contribution in [-0.2, 0) is 6.05 Å². The lowest BCUT2D eigenvalue weighted by Crippen LogP contribution is -2.43. The zero-order valence-corrected chi connectivity index (χ0v) is 8.37. The Morgan fingerprint density at radius 1 is 1.11 bits per heavy atom. The molecule has 10 heteroatoms. The molecule has 2 heterocycles. The van der Waals surface area contributed by atoms with Crippen LogP contribution in [0.25, 0.3) is 11.2 Å². The van der Waals surface area contributed by atoms with Gasteiger partial charge in [0, 0.05) is 0 Å². The zero-order valence-electron chi connectivity index (χ0n) is 8.37. The highest BCUT2D eigenvalue weighted by Gasteiger charge is 2.58. The van der Waals surface area contributed by atoms with Gasteiger partial charge < -0.3 is 0 Å². The van der Waals surface area contributed by atoms with E-state index in [0.717, 1.165) is 12.5 Å². The van der Waals surface area contributed by atoms with Crippen molar-refractivity contribution >= 4 is 11.2 Å². The van der Waals surface area contributed by atoms with Gasteiger partial charge in [-0.1, -0.05) is 0 Å². The fourth-order valence-electron chi connectivity index (χ4n) is 1.30. The van der Waals surface area contributed by atoms with Gasteiger partial charge in [0.1, 0.15) is 18.2 Å². The molecule has 0 aliphatic rings. The van der Waals surface area contributed by atoms with Gasteiger partial charge in [-0.3, -0.25) is 4.57 Å². The molecule has 0 N–H and O–H groups in total. The first-order chi connectivity index (χ1) is 8.24. The molecule has 1 unspecified atom stereocenters. The van der Waals surface area contributed by atoms with Gasteiger partial charge in [-0.15, -0.1) is 0 Å². The third-order valence-corrected chi connectivity index (χ3v) is 2.13. The van der Waals surface area contributed by atoms with Crippen molar-refractivity contribution in [2.45, 2.75) is 18.4 Å². The molecule has 0 amide bonds. The maximum absolute atomic E-state index is 13.4. The number of rotatable bonds is 2. The van der Waals surface area contributed by atoms with Crippen molar-refractivity contribution in [1.82, 2.24) is 19.5 Å². The summed E-state index contributed by atoms with van der Waals surface area (Å²) in [5, 5.41) is 0. The van der Waals surface area contributed by atoms with Gasteiger partial charge in [-0.25, -0.2) is 19.3 Å². The number of halogens is 6. The molecule has 0 aliphatic carbocycles. The Bertz CT molecular complexity index is 562. The fraction of sp³-hybridized carbons (Fsp3) is 0.375. The first-order valence-electron chi connectivity index (χ1n) is 4.46. The number of aromatic nitrogens is 4. The van der Waals surface area contributed by atoms with E-state index in [4.69, 9.17) is 0 Å². The van der Waals surface area contributed by atoms with Gasteiger partial charge in [-0.05, 0) is 0 Å². The van der Waals surface area contributed by atoms with Crippen LogP contribution in [0.15, 0.2) is 18.9 Å². The summed E-state index contributed by atoms with van der Waals surface area (Å²) >= 11 is 0. The summed E-state index contributed by atoms with van der Waals surface area (Å²) in [5.74, 6) is 0. The lowest BCUT2D eigenvalue weighted by atomic mass is 10.3. The zero-order chi connectivity index (χ0) is 13.6. The van der Waals surface area contributed by atoms with Crippen molar-refractivity contribution in [3.8, 4) is 0 Å². The second kappa shape index (κ2) is 3.82. The highest BCUT2D eigenvalue weighted by atomic mass is 19.4. The van der Waals surface area contributed by atoms with Gasteiger partial charge >= 0.3 is 12.2 Å². The molecule has 18 heavy (non-hydrogen) atoms. The Balaban J connectivity index is 2.53. The van der Waals surface area contributed by atoms with Crippen molar-refractivity contribution in [2.24, 2.45) is 0 Å². The molecule has 2 aromatic rings. The van der Waals surface area contributed by atoms with Crippen LogP contribution in [-0.4, -0.2) is 31.9 Å². The molecule has 0 aliphatic heterocycles. The van der Waals surface area contributed by atoms with Gasteiger partial charge in [0.15, 0.2) is 5.65 Å². The molecular weight excluding hydrogens is 266 g/mol. The molecule has 0 fully saturated rings. The Morgan fingerprint density at radius 3 is 2.39 bits per heavy atom. The first kappa shape index (κ1) is 12.6. The Kier molecular flexibility index (Phi) is 2.67. The molecule has 1 atom stereocenters. The minimum atomic E-state index is -5.69. The van der Waals surface area contributed by atoms with Crippen molar-refractivity contribution < 1.29 is 26.3 Å². The van der Waals surface area contributed by atoms with Crippen LogP contribution in [0.1, 0.15) is 0 Å². The van der Waals surface area contributed by atoms with Gasteiger partial charge in [0.25, 0.3) is 6.17 Å². The van der Waals surface area contributed by atoms with Gasteiger partial charge in [-0.2, -0.15) is 22.0 Å². The largest absolute Gasteiger partial charge is 0.427 e. The van der Waals surface area contributed by atoms with Crippen LogP contribution in [0.5, 0.6) is 0 Å². The van der Waals surface area contributed by atoms with Crippen molar-refractivity contribution in [1.29, 1.82) is 0 Å². The number of hydrogen-bond donors (Lipinski definition) is 0. The normalized spacial score (nSPS) is 15.0. The number of imidazole rings is 1. The summed E-state index contributed by atoms with van der Waals surface area (Å²) in [6, 6.07) is -4.83. The number of alkyl halides is 6. The summed E-state index contributed by atoms with van der Waals surface area (Å²) in [5.41, 5.74) is -0.742. The lowest BCUT2D eigenvalue weighted by molar-refractivity contribution is -0.271. The first-order valence-corrected chi connectivity index (χ1v) is 4.46. The smallest absolute Gasteiger partial charge is 0.251 e. The van der Waals surface area contributed by atoms with Crippen LogP contribution in [0, 0.1) is 0 Å². The van der Waals surface area contributed by atoms with Crippen molar-refractivity contribution in [3.05, 3.63) is 18.9 Å². The predicted octanol–water partition coefficient (Wildman–Crippen LogP) is 2.28. The van der Waals surface area contributed by atoms with Crippen molar-refractivity contribution in [2.75, 3.05) is 0 Å². The fourth-order valence-corrected chi connectivity index (χ4v) is 1.30. The number of nitrogens with zero attached hydrogens (tertiary/aromatic N) is 4. The summed E-state index contributed by atoms with van der Waals surface area (Å²) < 4.78 is 75.3. The molecule has 0 bridgehead atoms. The van der Waals surface area contributed by atoms with Crippen LogP contribution < -0.4 is 0 Å². The minimum Gasteiger partial charge on any atom is -0.251 e. The molecule has 0 saturated carbocycles. The maximum atomic E-state index is 13.4. The van der Waals surface area contributed by atoms with E-state index in [1.54, 1.807) is 0 Å². The number of hydrogen-bond acceptors (Lipinski definition) is 3.